The molecule has 1 aromatic heterocycles. The van der Waals surface area contributed by atoms with E-state index in [9.17, 15) is 24.0 Å². The van der Waals surface area contributed by atoms with Gasteiger partial charge in [-0.2, -0.15) is 0 Å². The van der Waals surface area contributed by atoms with E-state index in [0.29, 0.717) is 33.8 Å². The van der Waals surface area contributed by atoms with Gasteiger partial charge in [0.1, 0.15) is 36.8 Å². The molecule has 49 heavy (non-hydrogen) atoms. The fourth-order valence-corrected chi connectivity index (χ4v) is 4.95. The van der Waals surface area contributed by atoms with E-state index in [2.05, 4.69) is 26.1 Å². The number of benzene rings is 2. The molecular weight excluding hydrogens is 638 g/mol. The van der Waals surface area contributed by atoms with Crippen molar-refractivity contribution in [1.82, 2.24) is 31.0 Å². The minimum Gasteiger partial charge on any atom is -0.492 e. The van der Waals surface area contributed by atoms with E-state index in [1.165, 1.54) is 25.8 Å². The van der Waals surface area contributed by atoms with E-state index in [-0.39, 0.29) is 45.1 Å². The van der Waals surface area contributed by atoms with E-state index in [1.54, 1.807) is 30.3 Å². The summed E-state index contributed by atoms with van der Waals surface area (Å²) in [6.07, 6.45) is 0.167. The summed E-state index contributed by atoms with van der Waals surface area (Å²) >= 11 is 0. The summed E-state index contributed by atoms with van der Waals surface area (Å²) in [7, 11) is 1.42. The number of fused-ring (bicyclic) bond motifs is 5. The molecule has 0 fully saturated rings. The molecule has 17 nitrogen and oxygen atoms in total. The maximum Gasteiger partial charge on any atom is 0.438 e. The molecule has 0 spiro atoms. The van der Waals surface area contributed by atoms with E-state index < -0.39 is 47.5 Å². The summed E-state index contributed by atoms with van der Waals surface area (Å²) in [5, 5.41) is 11.7. The predicted octanol–water partition coefficient (Wildman–Crippen LogP) is -0.776. The summed E-state index contributed by atoms with van der Waals surface area (Å²) < 4.78 is 16.7. The van der Waals surface area contributed by atoms with Gasteiger partial charge in [0.15, 0.2) is 5.82 Å². The van der Waals surface area contributed by atoms with Crippen molar-refractivity contribution >= 4 is 23.6 Å². The standard InChI is InChI=1S/C30H38N8O8.C2H7N/c1-16-28(41)35-22(27-36-30(43)46-37-27)13-18-4-6-23(44-10-8-31)20(12-18)21-14-19(5-7-24(21)45-11-9-32)26(29(42)34-16)38(3)25(40)15-33-17(2)39;1-2-3/h4-7,12,14,16,22,26H,8-11,13,15,31-32H2,1-3H3,(H,33,39)(H,34,42)(H,35,41)(H,36,37,43);2-3H2,1H3/t16-,22?,26?;/m0./s1. The third-order valence-corrected chi connectivity index (χ3v) is 7.22. The molecule has 2 aromatic carbocycles. The second kappa shape index (κ2) is 18.3. The van der Waals surface area contributed by atoms with Crippen LogP contribution in [0.2, 0.25) is 0 Å². The Hall–Kier alpha value is -5.26. The lowest BCUT2D eigenvalue weighted by Crippen LogP contribution is -2.51. The lowest BCUT2D eigenvalue weighted by atomic mass is 9.93. The van der Waals surface area contributed by atoms with Gasteiger partial charge in [0.2, 0.25) is 23.6 Å². The molecule has 3 atom stereocenters. The third-order valence-electron chi connectivity index (χ3n) is 7.22. The maximum absolute atomic E-state index is 13.9. The highest BCUT2D eigenvalue weighted by Crippen LogP contribution is 2.40. The highest BCUT2D eigenvalue weighted by molar-refractivity contribution is 5.94. The summed E-state index contributed by atoms with van der Waals surface area (Å²) in [5.74, 6) is -2.06. The van der Waals surface area contributed by atoms with Crippen LogP contribution in [0.3, 0.4) is 0 Å². The molecule has 2 heterocycles. The van der Waals surface area contributed by atoms with Gasteiger partial charge in [-0.3, -0.25) is 28.7 Å². The van der Waals surface area contributed by atoms with Crippen LogP contribution < -0.4 is 48.4 Å². The number of nitrogens with zero attached hydrogens (tertiary/aromatic N) is 2. The number of H-pyrrole nitrogens is 1. The minimum absolute atomic E-state index is 0.0733. The van der Waals surface area contributed by atoms with Gasteiger partial charge in [0, 0.05) is 44.6 Å². The second-order valence-corrected chi connectivity index (χ2v) is 11.1. The Kier molecular flexibility index (Phi) is 14.3. The third kappa shape index (κ3) is 10.4. The number of amides is 4. The number of aromatic amines is 1. The second-order valence-electron chi connectivity index (χ2n) is 11.1. The van der Waals surface area contributed by atoms with Crippen LogP contribution in [-0.2, 0) is 25.6 Å². The number of nitrogens with two attached hydrogens (primary N) is 3. The normalized spacial score (nSPS) is 17.3. The Morgan fingerprint density at radius 3 is 2.16 bits per heavy atom. The van der Waals surface area contributed by atoms with Crippen molar-refractivity contribution in [2.24, 2.45) is 17.2 Å². The van der Waals surface area contributed by atoms with Gasteiger partial charge >= 0.3 is 5.76 Å². The highest BCUT2D eigenvalue weighted by Gasteiger charge is 2.33. The van der Waals surface area contributed by atoms with Crippen LogP contribution in [0.15, 0.2) is 45.7 Å². The van der Waals surface area contributed by atoms with Crippen molar-refractivity contribution in [3.63, 3.8) is 0 Å². The molecule has 3 aromatic rings. The first-order valence-corrected chi connectivity index (χ1v) is 15.7. The van der Waals surface area contributed by atoms with Crippen LogP contribution in [-0.4, -0.2) is 91.2 Å². The van der Waals surface area contributed by atoms with Gasteiger partial charge in [-0.15, -0.1) is 0 Å². The molecule has 0 radical (unpaired) electrons. The first kappa shape index (κ1) is 38.2. The summed E-state index contributed by atoms with van der Waals surface area (Å²) in [6.45, 7) is 5.92. The van der Waals surface area contributed by atoms with Crippen molar-refractivity contribution in [2.75, 3.05) is 46.4 Å². The molecular formula is C32H45N9O8. The van der Waals surface area contributed by atoms with Gasteiger partial charge in [0.05, 0.1) is 12.6 Å². The predicted molar refractivity (Wildman–Crippen MR) is 179 cm³/mol. The quantitative estimate of drug-likeness (QED) is 0.139. The number of aromatic nitrogens is 2. The number of rotatable bonds is 10. The SMILES string of the molecule is CC(=O)NCC(=O)N(C)C1C(=O)N[C@@H](C)C(=O)NC(c2noc(=O)[nH]2)Cc2ccc(OCCN)c(c2)-c2cc1ccc2OCCN.CCN. The number of hydrogen-bond acceptors (Lipinski definition) is 12. The first-order valence-electron chi connectivity index (χ1n) is 15.7. The fourth-order valence-electron chi connectivity index (χ4n) is 4.95. The Labute approximate surface area is 283 Å². The molecule has 266 valence electrons. The average molecular weight is 684 g/mol. The number of likely N-dealkylation sites (N-methyl/N-ethyl adjacent to an activating group) is 1. The number of carbonyl (C=O) groups excluding carboxylic acids is 4. The molecule has 10 N–H and O–H groups in total. The van der Waals surface area contributed by atoms with Crippen LogP contribution in [0.25, 0.3) is 11.1 Å². The summed E-state index contributed by atoms with van der Waals surface area (Å²) in [4.78, 5) is 67.4. The Balaban J connectivity index is 0.00000209. The molecule has 1 aliphatic heterocycles. The minimum atomic E-state index is -1.24. The molecule has 4 bridgehead atoms. The van der Waals surface area contributed by atoms with E-state index in [4.69, 9.17) is 31.2 Å². The van der Waals surface area contributed by atoms with Crippen LogP contribution in [0, 0.1) is 0 Å². The lowest BCUT2D eigenvalue weighted by Gasteiger charge is -2.30. The Bertz CT molecular complexity index is 1660. The first-order chi connectivity index (χ1) is 23.4. The highest BCUT2D eigenvalue weighted by atomic mass is 16.5. The maximum atomic E-state index is 13.9. The molecule has 4 amide bonds. The van der Waals surface area contributed by atoms with E-state index in [0.717, 1.165) is 6.54 Å². The van der Waals surface area contributed by atoms with Crippen molar-refractivity contribution in [3.8, 4) is 22.6 Å². The molecule has 0 saturated carbocycles. The van der Waals surface area contributed by atoms with Gasteiger partial charge < -0.3 is 47.5 Å². The zero-order valence-electron chi connectivity index (χ0n) is 28.0. The fraction of sp³-hybridized carbons (Fsp3) is 0.438. The zero-order chi connectivity index (χ0) is 36.1. The van der Waals surface area contributed by atoms with Crippen molar-refractivity contribution in [1.29, 1.82) is 0 Å². The number of carbonyl (C=O) groups is 4. The zero-order valence-corrected chi connectivity index (χ0v) is 28.0. The smallest absolute Gasteiger partial charge is 0.438 e. The summed E-state index contributed by atoms with van der Waals surface area (Å²) in [6, 6.07) is 7.20. The van der Waals surface area contributed by atoms with Crippen LogP contribution in [0.5, 0.6) is 11.5 Å². The monoisotopic (exact) mass is 683 g/mol. The van der Waals surface area contributed by atoms with E-state index >= 15 is 0 Å². The molecule has 2 unspecified atom stereocenters. The van der Waals surface area contributed by atoms with Crippen LogP contribution >= 0.6 is 0 Å². The van der Waals surface area contributed by atoms with Crippen LogP contribution in [0.4, 0.5) is 0 Å². The number of nitrogens with one attached hydrogen (secondary N) is 4. The lowest BCUT2D eigenvalue weighted by molar-refractivity contribution is -0.140. The largest absolute Gasteiger partial charge is 0.492 e. The van der Waals surface area contributed by atoms with Crippen molar-refractivity contribution in [2.45, 2.75) is 45.3 Å². The molecule has 0 saturated heterocycles. The molecule has 1 aliphatic rings. The molecule has 17 heteroatoms. The summed E-state index contributed by atoms with van der Waals surface area (Å²) in [5.41, 5.74) is 18.5. The topological polar surface area (TPSA) is 263 Å². The Morgan fingerprint density at radius 2 is 1.59 bits per heavy atom. The van der Waals surface area contributed by atoms with Gasteiger partial charge in [-0.1, -0.05) is 24.2 Å². The number of ether oxygens (including phenoxy) is 2. The van der Waals surface area contributed by atoms with Gasteiger partial charge in [-0.25, -0.2) is 4.79 Å². The molecule has 0 aliphatic carbocycles. The van der Waals surface area contributed by atoms with Crippen molar-refractivity contribution in [3.05, 3.63) is 63.9 Å². The van der Waals surface area contributed by atoms with Crippen LogP contribution in [0.1, 0.15) is 49.8 Å². The Morgan fingerprint density at radius 1 is 0.980 bits per heavy atom. The number of hydrogen-bond donors (Lipinski definition) is 7. The van der Waals surface area contributed by atoms with E-state index in [1.807, 2.05) is 13.0 Å². The molecule has 4 rings (SSSR count). The van der Waals surface area contributed by atoms with Gasteiger partial charge in [-0.05, 0) is 48.9 Å². The average Bonchev–Trinajstić information content (AvgIpc) is 3.51. The van der Waals surface area contributed by atoms with Crippen molar-refractivity contribution < 1.29 is 33.2 Å². The van der Waals surface area contributed by atoms with Gasteiger partial charge in [0.25, 0.3) is 0 Å².